The van der Waals surface area contributed by atoms with Crippen LogP contribution in [0.3, 0.4) is 0 Å². The number of aromatic amines is 1. The Kier molecular flexibility index (Phi) is 35.1. The number of benzene rings is 2. The molecule has 0 radical (unpaired) electrons. The van der Waals surface area contributed by atoms with Gasteiger partial charge in [-0.3, -0.25) is 67.4 Å². The molecule has 12 N–H and O–H groups in total. The quantitative estimate of drug-likeness (QED) is 0.0240. The van der Waals surface area contributed by atoms with Crippen LogP contribution in [-0.4, -0.2) is 291 Å². The zero-order valence-electron chi connectivity index (χ0n) is 55.4. The summed E-state index contributed by atoms with van der Waals surface area (Å²) in [5.74, 6) is -5.85. The van der Waals surface area contributed by atoms with Gasteiger partial charge in [0.15, 0.2) is 5.95 Å². The van der Waals surface area contributed by atoms with Crippen LogP contribution in [0.15, 0.2) is 53.8 Å². The first kappa shape index (κ1) is 79.3. The van der Waals surface area contributed by atoms with Gasteiger partial charge in [-0.25, -0.2) is 13.4 Å². The van der Waals surface area contributed by atoms with Crippen molar-refractivity contribution in [1.82, 2.24) is 70.7 Å². The zero-order chi connectivity index (χ0) is 70.5. The number of rotatable bonds is 45. The first-order valence-electron chi connectivity index (χ1n) is 32.3. The van der Waals surface area contributed by atoms with E-state index in [4.69, 9.17) is 18.9 Å². The number of H-pyrrole nitrogens is 1. The monoisotopic (exact) mass is 1390 g/mol. The second kappa shape index (κ2) is 43.0. The van der Waals surface area contributed by atoms with Gasteiger partial charge in [0.1, 0.15) is 17.8 Å². The smallest absolute Gasteiger partial charge is 0.323 e. The van der Waals surface area contributed by atoms with Gasteiger partial charge in [-0.05, 0) is 94.3 Å². The third kappa shape index (κ3) is 30.7. The van der Waals surface area contributed by atoms with Crippen molar-refractivity contribution >= 4 is 80.3 Å². The minimum absolute atomic E-state index is 0.00207. The standard InChI is InChI=1S/C62H95N15O19S/c1-4-63-53(79)13-11-49(71-54(80)40-73-20-22-74(41-55(81)82)24-26-76(43-57(85)86)27-25-75(23-21-73)42-56(83)84)60(88)65-16-8-29-94-32-34-95-33-31-93-28-7-15-64-52(78)9-5-30-96-48-35-44(2)58(45(3)36-48)97(91,92)72-50(61(89)90)39-69-59(87)46-10-12-51-47(37-46)38-70-77(51)19-6-14-66-62-67-17-18-68-62/h10,12,17-18,35-38,49-50,72H,4-9,11,13-16,19-34,39-43H2,1-3H3,(H,63,79)(H,64,78)(H,65,88)(H,69,87)(H,71,80)(H,81,82)(H,83,84)(H,85,86)(H,89,90)(H2,66,67,68)/t49-,50?/m1/s1. The maximum Gasteiger partial charge on any atom is 0.323 e. The highest BCUT2D eigenvalue weighted by Gasteiger charge is 2.30. The third-order valence-corrected chi connectivity index (χ3v) is 17.0. The van der Waals surface area contributed by atoms with E-state index >= 15 is 0 Å². The molecule has 1 unspecified atom stereocenters. The lowest BCUT2D eigenvalue weighted by molar-refractivity contribution is -0.140. The number of carbonyl (C=O) groups is 9. The van der Waals surface area contributed by atoms with Crippen molar-refractivity contribution < 1.29 is 90.9 Å². The van der Waals surface area contributed by atoms with Crippen molar-refractivity contribution in [1.29, 1.82) is 0 Å². The van der Waals surface area contributed by atoms with Gasteiger partial charge >= 0.3 is 23.9 Å². The number of carbonyl (C=O) groups excluding carboxylic acids is 5. The average molecular weight is 1390 g/mol. The molecule has 1 saturated heterocycles. The summed E-state index contributed by atoms with van der Waals surface area (Å²) in [5.41, 5.74) is 1.63. The molecule has 1 aliphatic heterocycles. The molecule has 3 heterocycles. The molecule has 4 aromatic rings. The summed E-state index contributed by atoms with van der Waals surface area (Å²) in [6.07, 6.45) is 7.23. The molecule has 0 bridgehead atoms. The molecule has 0 saturated carbocycles. The summed E-state index contributed by atoms with van der Waals surface area (Å²) in [7, 11) is -4.40. The number of carboxylic acids is 4. The number of amides is 5. The summed E-state index contributed by atoms with van der Waals surface area (Å²) in [5, 5.41) is 60.4. The van der Waals surface area contributed by atoms with Crippen LogP contribution in [0.25, 0.3) is 10.9 Å². The van der Waals surface area contributed by atoms with Crippen LogP contribution in [0.2, 0.25) is 0 Å². The fourth-order valence-corrected chi connectivity index (χ4v) is 12.0. The Bertz CT molecular complexity index is 3230. The maximum absolute atomic E-state index is 13.6. The summed E-state index contributed by atoms with van der Waals surface area (Å²) < 4.78 is 53.9. The van der Waals surface area contributed by atoms with Gasteiger partial charge < -0.3 is 76.3 Å². The fourth-order valence-electron chi connectivity index (χ4n) is 10.4. The van der Waals surface area contributed by atoms with E-state index in [0.29, 0.717) is 93.5 Å². The minimum Gasteiger partial charge on any atom is -0.494 e. The topological polar surface area (TPSA) is 449 Å². The van der Waals surface area contributed by atoms with Gasteiger partial charge in [-0.15, -0.1) is 0 Å². The Balaban J connectivity index is 0.910. The molecule has 0 spiro atoms. The van der Waals surface area contributed by atoms with Gasteiger partial charge in [0, 0.05) is 141 Å². The molecule has 5 rings (SSSR count). The molecule has 97 heavy (non-hydrogen) atoms. The van der Waals surface area contributed by atoms with Crippen LogP contribution >= 0.6 is 0 Å². The van der Waals surface area contributed by atoms with Crippen LogP contribution in [0.5, 0.6) is 5.75 Å². The molecule has 2 aromatic heterocycles. The molecular formula is C62H95N15O19S. The predicted molar refractivity (Wildman–Crippen MR) is 352 cm³/mol. The number of aromatic nitrogens is 4. The maximum atomic E-state index is 13.6. The first-order chi connectivity index (χ1) is 46.5. The van der Waals surface area contributed by atoms with Gasteiger partial charge in [0.25, 0.3) is 5.91 Å². The number of anilines is 1. The number of fused-ring (bicyclic) bond motifs is 1. The lowest BCUT2D eigenvalue weighted by atomic mass is 10.1. The molecule has 1 aliphatic rings. The number of sulfonamides is 1. The predicted octanol–water partition coefficient (Wildman–Crippen LogP) is -0.862. The van der Waals surface area contributed by atoms with E-state index in [2.05, 4.69) is 51.7 Å². The molecule has 0 aliphatic carbocycles. The normalized spacial score (nSPS) is 14.5. The average Bonchev–Trinajstić information content (AvgIpc) is 1.18. The van der Waals surface area contributed by atoms with Crippen molar-refractivity contribution in [2.45, 2.75) is 89.2 Å². The number of aryl methyl sites for hydroxylation is 3. The molecule has 2 atom stereocenters. The summed E-state index contributed by atoms with van der Waals surface area (Å²) in [6, 6.07) is 5.20. The summed E-state index contributed by atoms with van der Waals surface area (Å²) in [6.45, 7) is 8.98. The summed E-state index contributed by atoms with van der Waals surface area (Å²) >= 11 is 0. The molecule has 35 heteroatoms. The van der Waals surface area contributed by atoms with Gasteiger partial charge in [0.05, 0.1) is 75.8 Å². The van der Waals surface area contributed by atoms with Crippen molar-refractivity contribution in [3.63, 3.8) is 0 Å². The first-order valence-corrected chi connectivity index (χ1v) is 33.8. The lowest BCUT2D eigenvalue weighted by Crippen LogP contribution is -2.52. The van der Waals surface area contributed by atoms with E-state index in [0.717, 1.165) is 11.9 Å². The van der Waals surface area contributed by atoms with Gasteiger partial charge in [-0.1, -0.05) is 0 Å². The highest BCUT2D eigenvalue weighted by molar-refractivity contribution is 7.89. The Morgan fingerprint density at radius 1 is 0.619 bits per heavy atom. The fraction of sp³-hybridized carbons (Fsp3) is 0.597. The van der Waals surface area contributed by atoms with Crippen molar-refractivity contribution in [3.8, 4) is 5.75 Å². The molecule has 34 nitrogen and oxygen atoms in total. The second-order valence-corrected chi connectivity index (χ2v) is 24.7. The number of carboxylic acid groups (broad SMARTS) is 4. The Hall–Kier alpha value is -8.42. The molecule has 1 fully saturated rings. The van der Waals surface area contributed by atoms with Gasteiger partial charge in [0.2, 0.25) is 33.7 Å². The molecule has 538 valence electrons. The highest BCUT2D eigenvalue weighted by atomic mass is 32.2. The number of nitrogens with one attached hydrogen (secondary N) is 8. The van der Waals surface area contributed by atoms with Crippen LogP contribution in [-0.2, 0) is 69.1 Å². The van der Waals surface area contributed by atoms with E-state index in [1.54, 1.807) is 77.2 Å². The number of ether oxygens (including phenoxy) is 4. The number of imidazole rings is 1. The largest absolute Gasteiger partial charge is 0.494 e. The number of hydrogen-bond acceptors (Lipinski definition) is 22. The van der Waals surface area contributed by atoms with Crippen LogP contribution in [0, 0.1) is 13.8 Å². The highest BCUT2D eigenvalue weighted by Crippen LogP contribution is 2.26. The SMILES string of the molecule is CCNC(=O)CC[C@@H](NC(=O)CN1CCN(CC(=O)O)CCN(CC(=O)O)CCN(CC(=O)O)CC1)C(=O)NCCCOCCOCCOCCCNC(=O)CCCOc1cc(C)c(S(=O)(=O)NC(CNC(=O)c2ccc3c(cnn3CCCNc3ncc[nH]3)c2)C(=O)O)c(C)c1. The Labute approximate surface area is 563 Å². The minimum atomic E-state index is -4.40. The van der Waals surface area contributed by atoms with Crippen molar-refractivity contribution in [2.75, 3.05) is 163 Å². The summed E-state index contributed by atoms with van der Waals surface area (Å²) in [4.78, 5) is 126. The van der Waals surface area contributed by atoms with Crippen molar-refractivity contribution in [3.05, 3.63) is 65.6 Å². The zero-order valence-corrected chi connectivity index (χ0v) is 56.2. The van der Waals surface area contributed by atoms with Gasteiger partial charge in [-0.2, -0.15) is 9.82 Å². The van der Waals surface area contributed by atoms with Crippen LogP contribution in [0.4, 0.5) is 5.95 Å². The third-order valence-electron chi connectivity index (χ3n) is 15.2. The van der Waals surface area contributed by atoms with E-state index in [1.165, 1.54) is 12.1 Å². The van der Waals surface area contributed by atoms with E-state index in [9.17, 15) is 72.0 Å². The Morgan fingerprint density at radius 3 is 1.72 bits per heavy atom. The number of nitrogens with zero attached hydrogens (tertiary/aromatic N) is 7. The number of aliphatic carboxylic acids is 4. The van der Waals surface area contributed by atoms with Crippen LogP contribution < -0.4 is 41.4 Å². The van der Waals surface area contributed by atoms with E-state index < -0.39 is 70.3 Å². The van der Waals surface area contributed by atoms with E-state index in [1.807, 2.05) is 4.68 Å². The number of hydrogen-bond donors (Lipinski definition) is 12. The molecule has 5 amide bonds. The van der Waals surface area contributed by atoms with E-state index in [-0.39, 0.29) is 153 Å². The lowest BCUT2D eigenvalue weighted by Gasteiger charge is -2.33. The van der Waals surface area contributed by atoms with Crippen molar-refractivity contribution in [2.24, 2.45) is 0 Å². The Morgan fingerprint density at radius 2 is 1.18 bits per heavy atom. The second-order valence-electron chi connectivity index (χ2n) is 23.0. The molecule has 2 aromatic carbocycles. The molecular weight excluding hydrogens is 1290 g/mol. The van der Waals surface area contributed by atoms with Crippen LogP contribution in [0.1, 0.15) is 73.4 Å².